The van der Waals surface area contributed by atoms with E-state index in [0.29, 0.717) is 21.8 Å². The Morgan fingerprint density at radius 3 is 1.93 bits per heavy atom. The fraction of sp³-hybridized carbons (Fsp3) is 0.150. The molecule has 0 spiro atoms. The highest BCUT2D eigenvalue weighted by atomic mass is 16.2. The molecular weight excluding hydrogens is 376 g/mol. The Kier molecular flexibility index (Phi) is 5.68. The van der Waals surface area contributed by atoms with Crippen molar-refractivity contribution < 1.29 is 24.0 Å². The third kappa shape index (κ3) is 4.64. The van der Waals surface area contributed by atoms with Gasteiger partial charge in [0.15, 0.2) is 0 Å². The quantitative estimate of drug-likeness (QED) is 0.570. The molecule has 148 valence electrons. The lowest BCUT2D eigenvalue weighted by atomic mass is 10.2. The molecule has 2 N–H and O–H groups in total. The fourth-order valence-corrected chi connectivity index (χ4v) is 2.78. The number of nitrogens with one attached hydrogen (secondary N) is 2. The van der Waals surface area contributed by atoms with Gasteiger partial charge in [-0.3, -0.25) is 24.1 Å². The van der Waals surface area contributed by atoms with E-state index in [1.54, 1.807) is 54.6 Å². The summed E-state index contributed by atoms with van der Waals surface area (Å²) in [6.07, 6.45) is 0. The van der Waals surface area contributed by atoms with Crippen LogP contribution in [0.4, 0.5) is 16.2 Å². The van der Waals surface area contributed by atoms with E-state index in [1.165, 1.54) is 6.92 Å². The highest BCUT2D eigenvalue weighted by Gasteiger charge is 2.45. The van der Waals surface area contributed by atoms with E-state index in [9.17, 15) is 24.0 Å². The van der Waals surface area contributed by atoms with Crippen molar-refractivity contribution >= 4 is 41.0 Å². The first-order valence-corrected chi connectivity index (χ1v) is 8.74. The Morgan fingerprint density at radius 1 is 0.793 bits per heavy atom. The van der Waals surface area contributed by atoms with E-state index >= 15 is 0 Å². The SMILES string of the molecule is CC(=O)Nc1ccc(NC(=O)CN2C(=O)C(=O)N(Cc3ccccc3)C2=O)cc1. The summed E-state index contributed by atoms with van der Waals surface area (Å²) in [4.78, 5) is 61.4. The number of anilines is 2. The first kappa shape index (κ1) is 19.7. The van der Waals surface area contributed by atoms with Gasteiger partial charge in [-0.2, -0.15) is 0 Å². The summed E-state index contributed by atoms with van der Waals surface area (Å²) in [7, 11) is 0. The highest BCUT2D eigenvalue weighted by Crippen LogP contribution is 2.17. The van der Waals surface area contributed by atoms with E-state index in [1.807, 2.05) is 0 Å². The second kappa shape index (κ2) is 8.34. The van der Waals surface area contributed by atoms with Gasteiger partial charge >= 0.3 is 17.8 Å². The van der Waals surface area contributed by atoms with Gasteiger partial charge in [-0.15, -0.1) is 0 Å². The van der Waals surface area contributed by atoms with Crippen LogP contribution in [0.15, 0.2) is 54.6 Å². The van der Waals surface area contributed by atoms with Gasteiger partial charge in [0.05, 0.1) is 6.54 Å². The molecule has 1 aliphatic heterocycles. The Balaban J connectivity index is 1.62. The Labute approximate surface area is 166 Å². The molecule has 0 aromatic heterocycles. The lowest BCUT2D eigenvalue weighted by Gasteiger charge is -2.15. The zero-order chi connectivity index (χ0) is 21.0. The molecule has 0 unspecified atom stereocenters. The summed E-state index contributed by atoms with van der Waals surface area (Å²) in [6.45, 7) is 0.747. The van der Waals surface area contributed by atoms with Gasteiger partial charge in [0.1, 0.15) is 6.54 Å². The molecule has 0 aliphatic carbocycles. The maximum Gasteiger partial charge on any atom is 0.335 e. The molecule has 0 atom stereocenters. The molecule has 0 saturated carbocycles. The van der Waals surface area contributed by atoms with Gasteiger partial charge in [0.2, 0.25) is 11.8 Å². The topological polar surface area (TPSA) is 116 Å². The van der Waals surface area contributed by atoms with E-state index in [0.717, 1.165) is 4.90 Å². The van der Waals surface area contributed by atoms with Crippen LogP contribution in [0.5, 0.6) is 0 Å². The minimum Gasteiger partial charge on any atom is -0.326 e. The highest BCUT2D eigenvalue weighted by molar-refractivity contribution is 6.45. The minimum absolute atomic E-state index is 0.0486. The lowest BCUT2D eigenvalue weighted by molar-refractivity contribution is -0.143. The molecule has 1 aliphatic rings. The van der Waals surface area contributed by atoms with E-state index in [2.05, 4.69) is 10.6 Å². The molecule has 9 nitrogen and oxygen atoms in total. The first-order valence-electron chi connectivity index (χ1n) is 8.74. The summed E-state index contributed by atoms with van der Waals surface area (Å²) < 4.78 is 0. The van der Waals surface area contributed by atoms with Gasteiger partial charge in [-0.25, -0.2) is 9.69 Å². The number of amides is 6. The van der Waals surface area contributed by atoms with Gasteiger partial charge in [0.25, 0.3) is 0 Å². The number of rotatable bonds is 6. The van der Waals surface area contributed by atoms with E-state index in [-0.39, 0.29) is 12.5 Å². The number of benzene rings is 2. The van der Waals surface area contributed by atoms with Crippen molar-refractivity contribution in [2.24, 2.45) is 0 Å². The molecule has 2 aromatic rings. The molecule has 1 saturated heterocycles. The Hall–Kier alpha value is -4.01. The molecule has 3 rings (SSSR count). The molecule has 1 fully saturated rings. The second-order valence-corrected chi connectivity index (χ2v) is 6.36. The zero-order valence-electron chi connectivity index (χ0n) is 15.5. The van der Waals surface area contributed by atoms with Gasteiger partial charge in [0, 0.05) is 18.3 Å². The minimum atomic E-state index is -1.04. The van der Waals surface area contributed by atoms with Crippen molar-refractivity contribution in [1.29, 1.82) is 0 Å². The second-order valence-electron chi connectivity index (χ2n) is 6.36. The average molecular weight is 394 g/mol. The average Bonchev–Trinajstić information content (AvgIpc) is 2.88. The number of hydrogen-bond acceptors (Lipinski definition) is 5. The molecule has 0 radical (unpaired) electrons. The van der Waals surface area contributed by atoms with Gasteiger partial charge in [-0.1, -0.05) is 30.3 Å². The van der Waals surface area contributed by atoms with E-state index in [4.69, 9.17) is 0 Å². The third-order valence-corrected chi connectivity index (χ3v) is 4.11. The zero-order valence-corrected chi connectivity index (χ0v) is 15.5. The predicted molar refractivity (Wildman–Crippen MR) is 103 cm³/mol. The Morgan fingerprint density at radius 2 is 1.34 bits per heavy atom. The number of imide groups is 2. The van der Waals surface area contributed by atoms with Crippen molar-refractivity contribution in [1.82, 2.24) is 9.80 Å². The molecule has 9 heteroatoms. The van der Waals surface area contributed by atoms with Crippen LogP contribution >= 0.6 is 0 Å². The maximum absolute atomic E-state index is 12.5. The maximum atomic E-state index is 12.5. The number of hydrogen-bond donors (Lipinski definition) is 2. The number of nitrogens with zero attached hydrogens (tertiary/aromatic N) is 2. The summed E-state index contributed by atoms with van der Waals surface area (Å²) in [5.74, 6) is -2.86. The van der Waals surface area contributed by atoms with E-state index < -0.39 is 30.3 Å². The van der Waals surface area contributed by atoms with Crippen molar-refractivity contribution in [3.63, 3.8) is 0 Å². The van der Waals surface area contributed by atoms with Gasteiger partial charge in [-0.05, 0) is 29.8 Å². The van der Waals surface area contributed by atoms with Crippen LogP contribution < -0.4 is 10.6 Å². The molecule has 29 heavy (non-hydrogen) atoms. The van der Waals surface area contributed by atoms with Crippen molar-refractivity contribution in [3.8, 4) is 0 Å². The summed E-state index contributed by atoms with van der Waals surface area (Å²) in [5, 5.41) is 5.14. The van der Waals surface area contributed by atoms with Crippen LogP contribution in [-0.4, -0.2) is 46.0 Å². The lowest BCUT2D eigenvalue weighted by Crippen LogP contribution is -2.38. The van der Waals surface area contributed by atoms with Crippen molar-refractivity contribution in [3.05, 3.63) is 60.2 Å². The van der Waals surface area contributed by atoms with Crippen LogP contribution in [0.25, 0.3) is 0 Å². The van der Waals surface area contributed by atoms with Crippen LogP contribution in [0.1, 0.15) is 12.5 Å². The van der Waals surface area contributed by atoms with Crippen LogP contribution in [0.2, 0.25) is 0 Å². The normalized spacial score (nSPS) is 13.6. The number of urea groups is 1. The molecule has 0 bridgehead atoms. The monoisotopic (exact) mass is 394 g/mol. The third-order valence-electron chi connectivity index (χ3n) is 4.11. The van der Waals surface area contributed by atoms with Crippen molar-refractivity contribution in [2.75, 3.05) is 17.2 Å². The van der Waals surface area contributed by atoms with Gasteiger partial charge < -0.3 is 10.6 Å². The first-order chi connectivity index (χ1) is 13.8. The van der Waals surface area contributed by atoms with Crippen molar-refractivity contribution in [2.45, 2.75) is 13.5 Å². The molecule has 1 heterocycles. The number of carbonyl (C=O) groups is 5. The molecular formula is C20H18N4O5. The molecule has 6 amide bonds. The standard InChI is InChI=1S/C20H18N4O5/c1-13(25)21-15-7-9-16(10-8-15)22-17(26)12-24-19(28)18(27)23(20(24)29)11-14-5-3-2-4-6-14/h2-10H,11-12H2,1H3,(H,21,25)(H,22,26). The number of carbonyl (C=O) groups excluding carboxylic acids is 5. The summed E-state index contributed by atoms with van der Waals surface area (Å²) in [5.41, 5.74) is 1.66. The molecule has 2 aromatic carbocycles. The largest absolute Gasteiger partial charge is 0.335 e. The Bertz CT molecular complexity index is 972. The smallest absolute Gasteiger partial charge is 0.326 e. The summed E-state index contributed by atoms with van der Waals surface area (Å²) in [6, 6.07) is 14.2. The van der Waals surface area contributed by atoms with Crippen LogP contribution in [0.3, 0.4) is 0 Å². The van der Waals surface area contributed by atoms with Crippen LogP contribution in [0, 0.1) is 0 Å². The van der Waals surface area contributed by atoms with Crippen LogP contribution in [-0.2, 0) is 25.7 Å². The predicted octanol–water partition coefficient (Wildman–Crippen LogP) is 1.57. The fourth-order valence-electron chi connectivity index (χ4n) is 2.78. The summed E-state index contributed by atoms with van der Waals surface area (Å²) >= 11 is 0.